The van der Waals surface area contributed by atoms with Gasteiger partial charge in [-0.1, -0.05) is 114 Å². The van der Waals surface area contributed by atoms with Crippen molar-refractivity contribution < 1.29 is 4.79 Å². The lowest BCUT2D eigenvalue weighted by atomic mass is 9.95. The molecule has 3 aromatic rings. The van der Waals surface area contributed by atoms with Crippen LogP contribution in [0.15, 0.2) is 78.9 Å². The molecule has 4 heteroatoms. The maximum atomic E-state index is 12.4. The molecule has 0 amide bonds. The standard InChI is InChI=1S/C20H13Cl3O/c21-20(22,23)19(24)18-9-5-4-8-17(18)16-12-10-15(11-13-16)14-6-2-1-3-7-14/h1-13H. The molecule has 1 nitrogen and oxygen atoms in total. The molecule has 0 saturated carbocycles. The molecule has 0 unspecified atom stereocenters. The van der Waals surface area contributed by atoms with Gasteiger partial charge in [0.2, 0.25) is 5.78 Å². The van der Waals surface area contributed by atoms with E-state index in [4.69, 9.17) is 34.8 Å². The number of ketones is 1. The van der Waals surface area contributed by atoms with E-state index in [2.05, 4.69) is 12.1 Å². The van der Waals surface area contributed by atoms with Crippen LogP contribution in [0.2, 0.25) is 0 Å². The Morgan fingerprint density at radius 2 is 1.12 bits per heavy atom. The van der Waals surface area contributed by atoms with Crippen LogP contribution in [-0.4, -0.2) is 9.58 Å². The summed E-state index contributed by atoms with van der Waals surface area (Å²) in [6.45, 7) is 0. The van der Waals surface area contributed by atoms with Crippen LogP contribution in [0.4, 0.5) is 0 Å². The third-order valence-electron chi connectivity index (χ3n) is 3.73. The second-order valence-corrected chi connectivity index (χ2v) is 7.60. The van der Waals surface area contributed by atoms with Crippen molar-refractivity contribution in [2.45, 2.75) is 3.79 Å². The summed E-state index contributed by atoms with van der Waals surface area (Å²) in [5.74, 6) is -0.532. The SMILES string of the molecule is O=C(c1ccccc1-c1ccc(-c2ccccc2)cc1)C(Cl)(Cl)Cl. The summed E-state index contributed by atoms with van der Waals surface area (Å²) in [5, 5.41) is 0. The van der Waals surface area contributed by atoms with Crippen molar-refractivity contribution in [3.05, 3.63) is 84.4 Å². The van der Waals surface area contributed by atoms with Gasteiger partial charge in [0.05, 0.1) is 0 Å². The summed E-state index contributed by atoms with van der Waals surface area (Å²) < 4.78 is -1.97. The number of alkyl halides is 3. The van der Waals surface area contributed by atoms with Crippen molar-refractivity contribution in [2.24, 2.45) is 0 Å². The number of hydrogen-bond acceptors (Lipinski definition) is 1. The van der Waals surface area contributed by atoms with Gasteiger partial charge in [-0.05, 0) is 22.3 Å². The number of benzene rings is 3. The Hall–Kier alpha value is -1.80. The highest BCUT2D eigenvalue weighted by Crippen LogP contribution is 2.35. The molecule has 120 valence electrons. The first-order valence-corrected chi connectivity index (χ1v) is 8.46. The number of rotatable bonds is 3. The van der Waals surface area contributed by atoms with Crippen LogP contribution in [0.25, 0.3) is 22.3 Å². The van der Waals surface area contributed by atoms with Crippen molar-refractivity contribution in [1.29, 1.82) is 0 Å². The Morgan fingerprint density at radius 1 is 0.625 bits per heavy atom. The molecule has 0 bridgehead atoms. The first-order valence-electron chi connectivity index (χ1n) is 7.33. The zero-order chi connectivity index (χ0) is 17.2. The van der Waals surface area contributed by atoms with Crippen molar-refractivity contribution in [2.75, 3.05) is 0 Å². The average Bonchev–Trinajstić information content (AvgIpc) is 2.61. The first-order chi connectivity index (χ1) is 11.5. The number of carbonyl (C=O) groups is 1. The molecule has 0 heterocycles. The van der Waals surface area contributed by atoms with Crippen LogP contribution in [-0.2, 0) is 0 Å². The van der Waals surface area contributed by atoms with Gasteiger partial charge in [0, 0.05) is 5.56 Å². The van der Waals surface area contributed by atoms with Crippen molar-refractivity contribution in [1.82, 2.24) is 0 Å². The summed E-state index contributed by atoms with van der Waals surface area (Å²) in [7, 11) is 0. The molecule has 0 aliphatic carbocycles. The highest BCUT2D eigenvalue weighted by atomic mass is 35.6. The van der Waals surface area contributed by atoms with Crippen molar-refractivity contribution in [3.8, 4) is 22.3 Å². The van der Waals surface area contributed by atoms with Gasteiger partial charge in [0.1, 0.15) is 0 Å². The highest BCUT2D eigenvalue weighted by molar-refractivity contribution is 6.77. The second-order valence-electron chi connectivity index (χ2n) is 5.32. The largest absolute Gasteiger partial charge is 0.289 e. The van der Waals surface area contributed by atoms with Crippen LogP contribution in [0.1, 0.15) is 10.4 Å². The van der Waals surface area contributed by atoms with E-state index in [-0.39, 0.29) is 0 Å². The molecular formula is C20H13Cl3O. The van der Waals surface area contributed by atoms with Crippen LogP contribution in [0.3, 0.4) is 0 Å². The smallest absolute Gasteiger partial charge is 0.253 e. The Labute approximate surface area is 155 Å². The summed E-state index contributed by atoms with van der Waals surface area (Å²) >= 11 is 17.3. The van der Waals surface area contributed by atoms with E-state index >= 15 is 0 Å². The van der Waals surface area contributed by atoms with Crippen LogP contribution in [0, 0.1) is 0 Å². The number of hydrogen-bond donors (Lipinski definition) is 0. The van der Waals surface area contributed by atoms with E-state index in [9.17, 15) is 4.79 Å². The molecular weight excluding hydrogens is 363 g/mol. The van der Waals surface area contributed by atoms with E-state index in [0.29, 0.717) is 5.56 Å². The lowest BCUT2D eigenvalue weighted by Gasteiger charge is -2.14. The highest BCUT2D eigenvalue weighted by Gasteiger charge is 2.33. The molecule has 0 spiro atoms. The molecule has 0 atom stereocenters. The first kappa shape index (κ1) is 17.0. The normalized spacial score (nSPS) is 11.3. The minimum atomic E-state index is -1.97. The molecule has 0 N–H and O–H groups in total. The molecule has 0 aliphatic rings. The minimum Gasteiger partial charge on any atom is -0.289 e. The van der Waals surface area contributed by atoms with Crippen molar-refractivity contribution in [3.63, 3.8) is 0 Å². The van der Waals surface area contributed by atoms with Crippen LogP contribution < -0.4 is 0 Å². The van der Waals surface area contributed by atoms with Gasteiger partial charge >= 0.3 is 0 Å². The van der Waals surface area contributed by atoms with Crippen LogP contribution in [0.5, 0.6) is 0 Å². The maximum absolute atomic E-state index is 12.4. The summed E-state index contributed by atoms with van der Waals surface area (Å²) in [4.78, 5) is 12.4. The lowest BCUT2D eigenvalue weighted by molar-refractivity contribution is 0.0997. The molecule has 0 radical (unpaired) electrons. The zero-order valence-electron chi connectivity index (χ0n) is 12.5. The fourth-order valence-electron chi connectivity index (χ4n) is 2.56. The second kappa shape index (κ2) is 6.98. The molecule has 0 aromatic heterocycles. The van der Waals surface area contributed by atoms with E-state index in [1.54, 1.807) is 12.1 Å². The van der Waals surface area contributed by atoms with Crippen LogP contribution >= 0.6 is 34.8 Å². The number of carbonyl (C=O) groups excluding carboxylic acids is 1. The predicted molar refractivity (Wildman–Crippen MR) is 102 cm³/mol. The fraction of sp³-hybridized carbons (Fsp3) is 0.0500. The summed E-state index contributed by atoms with van der Waals surface area (Å²) in [6, 6.07) is 25.2. The Bertz CT molecular complexity index is 850. The number of Topliss-reactive ketones (excluding diaryl/α,β-unsaturated/α-hetero) is 1. The maximum Gasteiger partial charge on any atom is 0.253 e. The third-order valence-corrected chi connectivity index (χ3v) is 4.25. The van der Waals surface area contributed by atoms with Gasteiger partial charge in [0.15, 0.2) is 0 Å². The predicted octanol–water partition coefficient (Wildman–Crippen LogP) is 6.57. The molecule has 0 fully saturated rings. The van der Waals surface area contributed by atoms with Gasteiger partial charge in [-0.2, -0.15) is 0 Å². The van der Waals surface area contributed by atoms with E-state index in [1.807, 2.05) is 54.6 Å². The fourth-order valence-corrected chi connectivity index (χ4v) is 2.86. The topological polar surface area (TPSA) is 17.1 Å². The van der Waals surface area contributed by atoms with E-state index in [0.717, 1.165) is 22.3 Å². The lowest BCUT2D eigenvalue weighted by Crippen LogP contribution is -2.19. The van der Waals surface area contributed by atoms with Gasteiger partial charge in [-0.25, -0.2) is 0 Å². The van der Waals surface area contributed by atoms with Crippen molar-refractivity contribution >= 4 is 40.6 Å². The van der Waals surface area contributed by atoms with E-state index < -0.39 is 9.58 Å². The third kappa shape index (κ3) is 3.64. The Balaban J connectivity index is 2.00. The zero-order valence-corrected chi connectivity index (χ0v) is 14.8. The molecule has 0 saturated heterocycles. The Kier molecular flexibility index (Phi) is 4.96. The Morgan fingerprint density at radius 3 is 1.75 bits per heavy atom. The monoisotopic (exact) mass is 374 g/mol. The molecule has 3 aromatic carbocycles. The molecule has 0 aliphatic heterocycles. The average molecular weight is 376 g/mol. The van der Waals surface area contributed by atoms with E-state index in [1.165, 1.54) is 0 Å². The summed E-state index contributed by atoms with van der Waals surface area (Å²) in [6.07, 6.45) is 0. The summed E-state index contributed by atoms with van der Waals surface area (Å²) in [5.41, 5.74) is 4.27. The number of halogens is 3. The minimum absolute atomic E-state index is 0.393. The molecule has 3 rings (SSSR count). The quantitative estimate of drug-likeness (QED) is 0.373. The van der Waals surface area contributed by atoms with Gasteiger partial charge in [-0.3, -0.25) is 4.79 Å². The van der Waals surface area contributed by atoms with Gasteiger partial charge < -0.3 is 0 Å². The van der Waals surface area contributed by atoms with Gasteiger partial charge in [-0.15, -0.1) is 0 Å². The molecule has 24 heavy (non-hydrogen) atoms. The van der Waals surface area contributed by atoms with Gasteiger partial charge in [0.25, 0.3) is 3.79 Å².